The maximum absolute atomic E-state index is 3.76. The molecule has 3 rings (SSSR count). The first-order valence-electron chi connectivity index (χ1n) is 8.42. The van der Waals surface area contributed by atoms with E-state index in [4.69, 9.17) is 0 Å². The van der Waals surface area contributed by atoms with Gasteiger partial charge in [0.1, 0.15) is 0 Å². The zero-order valence-electron chi connectivity index (χ0n) is 12.9. The van der Waals surface area contributed by atoms with Crippen LogP contribution in [-0.4, -0.2) is 60.1 Å². The van der Waals surface area contributed by atoms with Gasteiger partial charge in [0.15, 0.2) is 0 Å². The zero-order valence-corrected chi connectivity index (χ0v) is 12.9. The van der Waals surface area contributed by atoms with E-state index in [2.05, 4.69) is 35.9 Å². The SMILES string of the molecule is CCC(C)C1CN(C2CCN(C3CC3)C2)C(C)CN1. The summed E-state index contributed by atoms with van der Waals surface area (Å²) in [5, 5.41) is 3.76. The first-order valence-corrected chi connectivity index (χ1v) is 8.42. The van der Waals surface area contributed by atoms with Crippen LogP contribution in [0.5, 0.6) is 0 Å². The Balaban J connectivity index is 1.58. The number of likely N-dealkylation sites (tertiary alicyclic amines) is 1. The number of hydrogen-bond acceptors (Lipinski definition) is 3. The van der Waals surface area contributed by atoms with Crippen LogP contribution < -0.4 is 5.32 Å². The first kappa shape index (κ1) is 13.8. The molecule has 0 amide bonds. The Bertz CT molecular complexity index is 302. The van der Waals surface area contributed by atoms with Gasteiger partial charge in [-0.3, -0.25) is 9.80 Å². The van der Waals surface area contributed by atoms with Crippen LogP contribution in [0.15, 0.2) is 0 Å². The lowest BCUT2D eigenvalue weighted by Crippen LogP contribution is -2.60. The van der Waals surface area contributed by atoms with E-state index in [1.165, 1.54) is 51.9 Å². The van der Waals surface area contributed by atoms with Crippen molar-refractivity contribution >= 4 is 0 Å². The molecule has 3 aliphatic rings. The summed E-state index contributed by atoms with van der Waals surface area (Å²) in [6, 6.07) is 3.19. The third-order valence-corrected chi connectivity index (χ3v) is 5.71. The molecule has 3 nitrogen and oxygen atoms in total. The molecule has 1 aliphatic carbocycles. The van der Waals surface area contributed by atoms with Crippen LogP contribution in [0.25, 0.3) is 0 Å². The van der Waals surface area contributed by atoms with Crippen molar-refractivity contribution in [1.82, 2.24) is 15.1 Å². The lowest BCUT2D eigenvalue weighted by atomic mass is 9.94. The minimum absolute atomic E-state index is 0.705. The molecule has 4 unspecified atom stereocenters. The number of rotatable bonds is 4. The summed E-state index contributed by atoms with van der Waals surface area (Å²) in [6.07, 6.45) is 5.60. The lowest BCUT2D eigenvalue weighted by molar-refractivity contribution is 0.0769. The summed E-state index contributed by atoms with van der Waals surface area (Å²) < 4.78 is 0. The molecule has 19 heavy (non-hydrogen) atoms. The number of nitrogens with zero attached hydrogens (tertiary/aromatic N) is 2. The molecule has 0 spiro atoms. The van der Waals surface area contributed by atoms with Gasteiger partial charge in [0.25, 0.3) is 0 Å². The summed E-state index contributed by atoms with van der Waals surface area (Å²) in [5.74, 6) is 0.802. The fraction of sp³-hybridized carbons (Fsp3) is 1.00. The highest BCUT2D eigenvalue weighted by molar-refractivity contribution is 4.96. The van der Waals surface area contributed by atoms with Crippen LogP contribution in [0.4, 0.5) is 0 Å². The van der Waals surface area contributed by atoms with Crippen LogP contribution in [0.3, 0.4) is 0 Å². The fourth-order valence-electron chi connectivity index (χ4n) is 3.90. The van der Waals surface area contributed by atoms with Crippen molar-refractivity contribution in [3.05, 3.63) is 0 Å². The third-order valence-electron chi connectivity index (χ3n) is 5.71. The van der Waals surface area contributed by atoms with Gasteiger partial charge in [-0.05, 0) is 32.1 Å². The molecular formula is C16H31N3. The topological polar surface area (TPSA) is 18.5 Å². The van der Waals surface area contributed by atoms with E-state index >= 15 is 0 Å². The molecule has 2 saturated heterocycles. The summed E-state index contributed by atoms with van der Waals surface area (Å²) >= 11 is 0. The minimum atomic E-state index is 0.705. The minimum Gasteiger partial charge on any atom is -0.311 e. The van der Waals surface area contributed by atoms with E-state index in [1.807, 2.05) is 0 Å². The van der Waals surface area contributed by atoms with Gasteiger partial charge in [-0.25, -0.2) is 0 Å². The molecule has 0 bridgehead atoms. The molecule has 0 aromatic heterocycles. The maximum Gasteiger partial charge on any atom is 0.0239 e. The van der Waals surface area contributed by atoms with Gasteiger partial charge in [-0.1, -0.05) is 20.3 Å². The smallest absolute Gasteiger partial charge is 0.0239 e. The summed E-state index contributed by atoms with van der Waals surface area (Å²) in [7, 11) is 0. The van der Waals surface area contributed by atoms with Crippen molar-refractivity contribution in [2.24, 2.45) is 5.92 Å². The quantitative estimate of drug-likeness (QED) is 0.838. The zero-order chi connectivity index (χ0) is 13.4. The molecule has 1 N–H and O–H groups in total. The highest BCUT2D eigenvalue weighted by Crippen LogP contribution is 2.32. The van der Waals surface area contributed by atoms with Crippen LogP contribution in [0.1, 0.15) is 46.5 Å². The Morgan fingerprint density at radius 1 is 1.16 bits per heavy atom. The second kappa shape index (κ2) is 5.71. The molecule has 2 aliphatic heterocycles. The average molecular weight is 265 g/mol. The molecule has 1 saturated carbocycles. The lowest BCUT2D eigenvalue weighted by Gasteiger charge is -2.44. The maximum atomic E-state index is 3.76. The van der Waals surface area contributed by atoms with Gasteiger partial charge in [0.2, 0.25) is 0 Å². The molecule has 110 valence electrons. The Morgan fingerprint density at radius 2 is 1.95 bits per heavy atom. The Labute approximate surface area is 118 Å². The molecule has 2 heterocycles. The van der Waals surface area contributed by atoms with Gasteiger partial charge < -0.3 is 5.32 Å². The Kier molecular flexibility index (Phi) is 4.16. The van der Waals surface area contributed by atoms with Crippen molar-refractivity contribution in [3.8, 4) is 0 Å². The van der Waals surface area contributed by atoms with Crippen molar-refractivity contribution in [2.75, 3.05) is 26.2 Å². The largest absolute Gasteiger partial charge is 0.311 e. The van der Waals surface area contributed by atoms with Gasteiger partial charge in [-0.15, -0.1) is 0 Å². The predicted octanol–water partition coefficient (Wildman–Crippen LogP) is 1.93. The second-order valence-corrected chi connectivity index (χ2v) is 7.11. The molecule has 0 aromatic carbocycles. The highest BCUT2D eigenvalue weighted by Gasteiger charge is 2.39. The second-order valence-electron chi connectivity index (χ2n) is 7.11. The first-order chi connectivity index (χ1) is 9.19. The highest BCUT2D eigenvalue weighted by atomic mass is 15.3. The van der Waals surface area contributed by atoms with Crippen molar-refractivity contribution < 1.29 is 0 Å². The molecule has 3 fully saturated rings. The molecule has 0 aromatic rings. The summed E-state index contributed by atoms with van der Waals surface area (Å²) in [4.78, 5) is 5.56. The van der Waals surface area contributed by atoms with Gasteiger partial charge in [0, 0.05) is 50.3 Å². The number of nitrogens with one attached hydrogen (secondary N) is 1. The van der Waals surface area contributed by atoms with Gasteiger partial charge in [0.05, 0.1) is 0 Å². The standard InChI is InChI=1S/C16H31N3/c1-4-12(2)16-11-19(13(3)9-17-16)15-7-8-18(10-15)14-5-6-14/h12-17H,4-11H2,1-3H3. The van der Waals surface area contributed by atoms with E-state index in [9.17, 15) is 0 Å². The van der Waals surface area contributed by atoms with Crippen molar-refractivity contribution in [2.45, 2.75) is 70.6 Å². The normalized spacial score (nSPS) is 39.6. The van der Waals surface area contributed by atoms with Gasteiger partial charge >= 0.3 is 0 Å². The molecule has 0 radical (unpaired) electrons. The number of piperazine rings is 1. The van der Waals surface area contributed by atoms with Crippen LogP contribution in [0.2, 0.25) is 0 Å². The van der Waals surface area contributed by atoms with E-state index in [1.54, 1.807) is 0 Å². The predicted molar refractivity (Wildman–Crippen MR) is 80.4 cm³/mol. The van der Waals surface area contributed by atoms with Crippen LogP contribution in [-0.2, 0) is 0 Å². The summed E-state index contributed by atoms with van der Waals surface area (Å²) in [6.45, 7) is 12.2. The van der Waals surface area contributed by atoms with Crippen molar-refractivity contribution in [3.63, 3.8) is 0 Å². The third kappa shape index (κ3) is 2.98. The van der Waals surface area contributed by atoms with Crippen molar-refractivity contribution in [1.29, 1.82) is 0 Å². The molecule has 3 heteroatoms. The van der Waals surface area contributed by atoms with E-state index in [0.717, 1.165) is 18.0 Å². The molecular weight excluding hydrogens is 234 g/mol. The van der Waals surface area contributed by atoms with Gasteiger partial charge in [-0.2, -0.15) is 0 Å². The van der Waals surface area contributed by atoms with E-state index < -0.39 is 0 Å². The Morgan fingerprint density at radius 3 is 2.63 bits per heavy atom. The van der Waals surface area contributed by atoms with Crippen LogP contribution >= 0.6 is 0 Å². The average Bonchev–Trinajstić information content (AvgIpc) is 3.17. The van der Waals surface area contributed by atoms with E-state index in [-0.39, 0.29) is 0 Å². The fourth-order valence-corrected chi connectivity index (χ4v) is 3.90. The van der Waals surface area contributed by atoms with Crippen LogP contribution in [0, 0.1) is 5.92 Å². The summed E-state index contributed by atoms with van der Waals surface area (Å²) in [5.41, 5.74) is 0. The Hall–Kier alpha value is -0.120. The monoisotopic (exact) mass is 265 g/mol. The molecule has 4 atom stereocenters. The number of hydrogen-bond donors (Lipinski definition) is 1. The van der Waals surface area contributed by atoms with E-state index in [0.29, 0.717) is 12.1 Å².